The van der Waals surface area contributed by atoms with Crippen LogP contribution in [0.25, 0.3) is 6.08 Å². The first kappa shape index (κ1) is 8.26. The molecule has 0 saturated heterocycles. The van der Waals surface area contributed by atoms with Crippen LogP contribution in [-0.4, -0.2) is 17.4 Å². The molecule has 1 aromatic rings. The molecule has 0 unspecified atom stereocenters. The van der Waals surface area contributed by atoms with Gasteiger partial charge in [0.25, 0.3) is 0 Å². The van der Waals surface area contributed by atoms with Gasteiger partial charge in [-0.25, -0.2) is 4.79 Å². The third kappa shape index (κ3) is 2.09. The van der Waals surface area contributed by atoms with E-state index >= 15 is 0 Å². The van der Waals surface area contributed by atoms with Crippen LogP contribution in [0.4, 0.5) is 0 Å². The minimum absolute atomic E-state index is 0.181. The van der Waals surface area contributed by atoms with Gasteiger partial charge in [0.05, 0.1) is 0 Å². The SMILES string of the molecule is O=Cc1ccc(/C=C/C(=O)O)o1. The second-order valence-electron chi connectivity index (χ2n) is 2.03. The molecule has 0 bridgehead atoms. The van der Waals surface area contributed by atoms with Gasteiger partial charge in [-0.1, -0.05) is 0 Å². The maximum Gasteiger partial charge on any atom is 0.328 e. The number of hydrogen-bond acceptors (Lipinski definition) is 3. The van der Waals surface area contributed by atoms with Crippen LogP contribution in [0.1, 0.15) is 16.3 Å². The van der Waals surface area contributed by atoms with Gasteiger partial charge >= 0.3 is 5.97 Å². The zero-order valence-electron chi connectivity index (χ0n) is 6.06. The van der Waals surface area contributed by atoms with Crippen molar-refractivity contribution in [2.45, 2.75) is 0 Å². The summed E-state index contributed by atoms with van der Waals surface area (Å²) in [6.45, 7) is 0. The lowest BCUT2D eigenvalue weighted by Gasteiger charge is -1.81. The molecule has 12 heavy (non-hydrogen) atoms. The lowest BCUT2D eigenvalue weighted by atomic mass is 10.4. The summed E-state index contributed by atoms with van der Waals surface area (Å²) in [7, 11) is 0. The van der Waals surface area contributed by atoms with E-state index in [2.05, 4.69) is 0 Å². The fraction of sp³-hybridized carbons (Fsp3) is 0. The molecule has 0 aromatic carbocycles. The van der Waals surface area contributed by atoms with Gasteiger partial charge in [0.1, 0.15) is 5.76 Å². The Morgan fingerprint density at radius 2 is 2.08 bits per heavy atom. The number of hydrogen-bond donors (Lipinski definition) is 1. The first-order chi connectivity index (χ1) is 5.72. The number of aliphatic carboxylic acids is 1. The molecule has 1 heterocycles. The first-order valence-electron chi connectivity index (χ1n) is 3.18. The van der Waals surface area contributed by atoms with Crippen molar-refractivity contribution in [3.8, 4) is 0 Å². The number of aldehydes is 1. The maximum atomic E-state index is 10.1. The van der Waals surface area contributed by atoms with Gasteiger partial charge in [-0.3, -0.25) is 4.79 Å². The molecule has 0 saturated carbocycles. The lowest BCUT2D eigenvalue weighted by Crippen LogP contribution is -1.84. The van der Waals surface area contributed by atoms with Crippen LogP contribution < -0.4 is 0 Å². The highest BCUT2D eigenvalue weighted by atomic mass is 16.4. The number of rotatable bonds is 3. The fourth-order valence-corrected chi connectivity index (χ4v) is 0.675. The van der Waals surface area contributed by atoms with Crippen LogP contribution >= 0.6 is 0 Å². The van der Waals surface area contributed by atoms with E-state index in [1.54, 1.807) is 0 Å². The van der Waals surface area contributed by atoms with E-state index in [9.17, 15) is 9.59 Å². The van der Waals surface area contributed by atoms with E-state index in [1.807, 2.05) is 0 Å². The fourth-order valence-electron chi connectivity index (χ4n) is 0.675. The molecular weight excluding hydrogens is 160 g/mol. The molecule has 0 fully saturated rings. The van der Waals surface area contributed by atoms with E-state index in [0.29, 0.717) is 12.0 Å². The maximum absolute atomic E-state index is 10.1. The van der Waals surface area contributed by atoms with Crippen LogP contribution in [0, 0.1) is 0 Å². The van der Waals surface area contributed by atoms with E-state index in [-0.39, 0.29) is 5.76 Å². The van der Waals surface area contributed by atoms with E-state index in [4.69, 9.17) is 9.52 Å². The Balaban J connectivity index is 2.76. The summed E-state index contributed by atoms with van der Waals surface area (Å²) in [6.07, 6.45) is 2.76. The lowest BCUT2D eigenvalue weighted by molar-refractivity contribution is -0.131. The standard InChI is InChI=1S/C8H6O4/c9-5-7-2-1-6(12-7)3-4-8(10)11/h1-5H,(H,10,11)/b4-3+. The van der Waals surface area contributed by atoms with Gasteiger partial charge in [0.15, 0.2) is 12.0 Å². The number of furan rings is 1. The second-order valence-corrected chi connectivity index (χ2v) is 2.03. The molecule has 4 heteroatoms. The van der Waals surface area contributed by atoms with Gasteiger partial charge < -0.3 is 9.52 Å². The second kappa shape index (κ2) is 3.52. The Labute approximate surface area is 68.1 Å². The molecule has 62 valence electrons. The highest BCUT2D eigenvalue weighted by molar-refractivity contribution is 5.84. The predicted octanol–water partition coefficient (Wildman–Crippen LogP) is 1.19. The molecule has 1 rings (SSSR count). The number of carboxylic acid groups (broad SMARTS) is 1. The normalized spacial score (nSPS) is 10.3. The van der Waals surface area contributed by atoms with Crippen LogP contribution in [0.2, 0.25) is 0 Å². The van der Waals surface area contributed by atoms with Crippen LogP contribution in [-0.2, 0) is 4.79 Å². The molecule has 1 N–H and O–H groups in total. The van der Waals surface area contributed by atoms with Crippen molar-refractivity contribution < 1.29 is 19.1 Å². The van der Waals surface area contributed by atoms with Crippen molar-refractivity contribution in [1.29, 1.82) is 0 Å². The molecule has 0 aliphatic heterocycles. The van der Waals surface area contributed by atoms with Gasteiger partial charge in [-0.05, 0) is 18.2 Å². The largest absolute Gasteiger partial charge is 0.478 e. The molecule has 0 aliphatic rings. The summed E-state index contributed by atoms with van der Waals surface area (Å²) < 4.78 is 4.86. The summed E-state index contributed by atoms with van der Waals surface area (Å²) in [4.78, 5) is 20.2. The number of carboxylic acids is 1. The van der Waals surface area contributed by atoms with Crippen molar-refractivity contribution >= 4 is 18.3 Å². The highest BCUT2D eigenvalue weighted by Crippen LogP contribution is 2.06. The summed E-state index contributed by atoms with van der Waals surface area (Å²) in [5, 5.41) is 8.24. The highest BCUT2D eigenvalue weighted by Gasteiger charge is 1.96. The van der Waals surface area contributed by atoms with E-state index in [0.717, 1.165) is 6.08 Å². The number of carbonyl (C=O) groups is 2. The molecule has 4 nitrogen and oxygen atoms in total. The van der Waals surface area contributed by atoms with Crippen molar-refractivity contribution in [3.05, 3.63) is 29.7 Å². The molecule has 0 atom stereocenters. The zero-order valence-corrected chi connectivity index (χ0v) is 6.06. The minimum atomic E-state index is -1.06. The monoisotopic (exact) mass is 166 g/mol. The Morgan fingerprint density at radius 3 is 2.58 bits per heavy atom. The van der Waals surface area contributed by atoms with Crippen molar-refractivity contribution in [2.24, 2.45) is 0 Å². The molecule has 0 aliphatic carbocycles. The van der Waals surface area contributed by atoms with Gasteiger partial charge in [0, 0.05) is 6.08 Å². The third-order valence-corrected chi connectivity index (χ3v) is 1.15. The van der Waals surface area contributed by atoms with Gasteiger partial charge in [0.2, 0.25) is 0 Å². The van der Waals surface area contributed by atoms with Gasteiger partial charge in [-0.2, -0.15) is 0 Å². The smallest absolute Gasteiger partial charge is 0.328 e. The van der Waals surface area contributed by atoms with E-state index in [1.165, 1.54) is 18.2 Å². The Bertz CT molecular complexity index is 322. The summed E-state index contributed by atoms with van der Waals surface area (Å²) in [5.41, 5.74) is 0. The average Bonchev–Trinajstić information content (AvgIpc) is 2.48. The molecular formula is C8H6O4. The van der Waals surface area contributed by atoms with Crippen molar-refractivity contribution in [1.82, 2.24) is 0 Å². The van der Waals surface area contributed by atoms with Crippen LogP contribution in [0.15, 0.2) is 22.6 Å². The predicted molar refractivity (Wildman–Crippen MR) is 40.8 cm³/mol. The molecule has 0 amide bonds. The quantitative estimate of drug-likeness (QED) is 0.541. The Morgan fingerprint density at radius 1 is 1.42 bits per heavy atom. The van der Waals surface area contributed by atoms with Crippen LogP contribution in [0.3, 0.4) is 0 Å². The molecule has 0 spiro atoms. The van der Waals surface area contributed by atoms with Crippen molar-refractivity contribution in [2.75, 3.05) is 0 Å². The average molecular weight is 166 g/mol. The summed E-state index contributed by atoms with van der Waals surface area (Å²) in [5.74, 6) is -0.529. The molecule has 0 radical (unpaired) electrons. The zero-order chi connectivity index (χ0) is 8.97. The number of carbonyl (C=O) groups excluding carboxylic acids is 1. The minimum Gasteiger partial charge on any atom is -0.478 e. The Hall–Kier alpha value is -1.84. The van der Waals surface area contributed by atoms with E-state index < -0.39 is 5.97 Å². The first-order valence-corrected chi connectivity index (χ1v) is 3.18. The summed E-state index contributed by atoms with van der Waals surface area (Å²) >= 11 is 0. The van der Waals surface area contributed by atoms with Crippen molar-refractivity contribution in [3.63, 3.8) is 0 Å². The molecule has 1 aromatic heterocycles. The van der Waals surface area contributed by atoms with Crippen LogP contribution in [0.5, 0.6) is 0 Å². The topological polar surface area (TPSA) is 67.5 Å². The summed E-state index contributed by atoms with van der Waals surface area (Å²) in [6, 6.07) is 2.98. The Kier molecular flexibility index (Phi) is 2.42. The third-order valence-electron chi connectivity index (χ3n) is 1.15. The van der Waals surface area contributed by atoms with Gasteiger partial charge in [-0.15, -0.1) is 0 Å².